The lowest BCUT2D eigenvalue weighted by Crippen LogP contribution is -2.10. The highest BCUT2D eigenvalue weighted by Crippen LogP contribution is 2.40. The first kappa shape index (κ1) is 11.2. The highest BCUT2D eigenvalue weighted by molar-refractivity contribution is 7.07. The minimum absolute atomic E-state index is 0.450. The number of amides is 1. The third-order valence-corrected chi connectivity index (χ3v) is 3.32. The molecule has 0 radical (unpaired) electrons. The second-order valence-corrected chi connectivity index (χ2v) is 4.90. The lowest BCUT2D eigenvalue weighted by Gasteiger charge is -2.01. The molecule has 1 heterocycles. The number of ether oxygens (including phenoxy) is 1. The highest BCUT2D eigenvalue weighted by atomic mass is 32.1. The van der Waals surface area contributed by atoms with Crippen molar-refractivity contribution in [2.24, 2.45) is 5.73 Å². The minimum Gasteiger partial charge on any atom is -0.430 e. The molecule has 3 rings (SSSR count). The van der Waals surface area contributed by atoms with E-state index in [2.05, 4.69) is 9.36 Å². The number of hydrogen-bond acceptors (Lipinski definition) is 5. The molecule has 0 bridgehead atoms. The lowest BCUT2D eigenvalue weighted by molar-refractivity contribution is 0.100. The molecule has 1 aromatic heterocycles. The van der Waals surface area contributed by atoms with Gasteiger partial charge in [-0.25, -0.2) is 0 Å². The predicted molar refractivity (Wildman–Crippen MR) is 66.9 cm³/mol. The fourth-order valence-corrected chi connectivity index (χ4v) is 2.19. The zero-order valence-electron chi connectivity index (χ0n) is 9.50. The van der Waals surface area contributed by atoms with Crippen LogP contribution in [0.4, 0.5) is 0 Å². The summed E-state index contributed by atoms with van der Waals surface area (Å²) in [6, 6.07) is 6.64. The van der Waals surface area contributed by atoms with E-state index >= 15 is 0 Å². The van der Waals surface area contributed by atoms with Crippen LogP contribution in [0.15, 0.2) is 24.3 Å². The smallest absolute Gasteiger partial charge is 0.298 e. The van der Waals surface area contributed by atoms with Crippen LogP contribution >= 0.6 is 11.5 Å². The third kappa shape index (κ3) is 2.33. The monoisotopic (exact) mass is 261 g/mol. The van der Waals surface area contributed by atoms with Crippen LogP contribution in [0.3, 0.4) is 0 Å². The van der Waals surface area contributed by atoms with E-state index in [0.717, 1.165) is 5.82 Å². The van der Waals surface area contributed by atoms with Gasteiger partial charge in [-0.1, -0.05) is 0 Å². The van der Waals surface area contributed by atoms with Gasteiger partial charge >= 0.3 is 0 Å². The second kappa shape index (κ2) is 4.38. The summed E-state index contributed by atoms with van der Waals surface area (Å²) in [5.74, 6) is 1.58. The minimum atomic E-state index is -0.450. The third-order valence-electron chi connectivity index (χ3n) is 2.71. The van der Waals surface area contributed by atoms with Crippen LogP contribution < -0.4 is 10.5 Å². The van der Waals surface area contributed by atoms with E-state index in [4.69, 9.17) is 10.5 Å². The van der Waals surface area contributed by atoms with Gasteiger partial charge in [0.25, 0.3) is 5.19 Å². The van der Waals surface area contributed by atoms with Crippen LogP contribution in [-0.4, -0.2) is 15.3 Å². The number of nitrogens with two attached hydrogens (primary N) is 1. The Hall–Kier alpha value is -1.95. The molecule has 1 aliphatic carbocycles. The van der Waals surface area contributed by atoms with Crippen molar-refractivity contribution < 1.29 is 9.53 Å². The average Bonchev–Trinajstić information content (AvgIpc) is 3.11. The van der Waals surface area contributed by atoms with Crippen molar-refractivity contribution in [3.63, 3.8) is 0 Å². The zero-order chi connectivity index (χ0) is 12.5. The molecule has 1 aliphatic rings. The van der Waals surface area contributed by atoms with E-state index < -0.39 is 5.91 Å². The van der Waals surface area contributed by atoms with Gasteiger partial charge in [-0.05, 0) is 37.1 Å². The molecule has 18 heavy (non-hydrogen) atoms. The van der Waals surface area contributed by atoms with Gasteiger partial charge < -0.3 is 10.5 Å². The number of benzene rings is 1. The van der Waals surface area contributed by atoms with Crippen molar-refractivity contribution in [2.45, 2.75) is 18.8 Å². The normalized spacial score (nSPS) is 14.4. The number of nitrogens with zero attached hydrogens (tertiary/aromatic N) is 2. The Kier molecular flexibility index (Phi) is 2.71. The topological polar surface area (TPSA) is 78.1 Å². The Bertz CT molecular complexity index is 575. The molecule has 2 aromatic rings. The molecule has 0 spiro atoms. The number of rotatable bonds is 4. The first-order chi connectivity index (χ1) is 8.72. The zero-order valence-corrected chi connectivity index (χ0v) is 10.3. The van der Waals surface area contributed by atoms with Gasteiger partial charge in [0.2, 0.25) is 5.91 Å². The van der Waals surface area contributed by atoms with Crippen molar-refractivity contribution in [1.82, 2.24) is 9.36 Å². The highest BCUT2D eigenvalue weighted by Gasteiger charge is 2.28. The van der Waals surface area contributed by atoms with Crippen molar-refractivity contribution in [2.75, 3.05) is 0 Å². The molecule has 2 N–H and O–H groups in total. The fraction of sp³-hybridized carbons (Fsp3) is 0.250. The van der Waals surface area contributed by atoms with Crippen molar-refractivity contribution in [3.8, 4) is 10.9 Å². The van der Waals surface area contributed by atoms with Gasteiger partial charge in [0.15, 0.2) is 0 Å². The Morgan fingerprint density at radius 3 is 2.67 bits per heavy atom. The van der Waals surface area contributed by atoms with Crippen LogP contribution in [0.1, 0.15) is 34.9 Å². The molecule has 1 saturated carbocycles. The molecule has 6 heteroatoms. The maximum atomic E-state index is 10.9. The van der Waals surface area contributed by atoms with Gasteiger partial charge in [-0.2, -0.15) is 9.36 Å². The Balaban J connectivity index is 1.72. The largest absolute Gasteiger partial charge is 0.430 e. The Morgan fingerprint density at radius 2 is 2.06 bits per heavy atom. The summed E-state index contributed by atoms with van der Waals surface area (Å²) in [6.07, 6.45) is 2.34. The summed E-state index contributed by atoms with van der Waals surface area (Å²) in [6.45, 7) is 0. The molecule has 1 aromatic carbocycles. The van der Waals surface area contributed by atoms with Crippen LogP contribution in [0.2, 0.25) is 0 Å². The average molecular weight is 261 g/mol. The molecular weight excluding hydrogens is 250 g/mol. The van der Waals surface area contributed by atoms with Gasteiger partial charge in [-0.15, -0.1) is 0 Å². The van der Waals surface area contributed by atoms with E-state index in [9.17, 15) is 4.79 Å². The SMILES string of the molecule is NC(=O)c1ccc(Oc2nc(C3CC3)ns2)cc1. The number of aromatic nitrogens is 2. The van der Waals surface area contributed by atoms with E-state index in [0.29, 0.717) is 22.4 Å². The summed E-state index contributed by atoms with van der Waals surface area (Å²) in [4.78, 5) is 15.2. The lowest BCUT2D eigenvalue weighted by atomic mass is 10.2. The Morgan fingerprint density at radius 1 is 1.33 bits per heavy atom. The summed E-state index contributed by atoms with van der Waals surface area (Å²) in [7, 11) is 0. The first-order valence-electron chi connectivity index (χ1n) is 5.64. The fourth-order valence-electron chi connectivity index (χ4n) is 1.56. The van der Waals surface area contributed by atoms with Gasteiger partial charge in [0.05, 0.1) is 0 Å². The number of carbonyl (C=O) groups excluding carboxylic acids is 1. The van der Waals surface area contributed by atoms with Crippen molar-refractivity contribution in [1.29, 1.82) is 0 Å². The van der Waals surface area contributed by atoms with Gasteiger partial charge in [0, 0.05) is 23.0 Å². The molecule has 92 valence electrons. The van der Waals surface area contributed by atoms with E-state index in [-0.39, 0.29) is 0 Å². The van der Waals surface area contributed by atoms with E-state index in [1.807, 2.05) is 0 Å². The molecule has 1 amide bonds. The Labute approximate surface area is 108 Å². The van der Waals surface area contributed by atoms with E-state index in [1.165, 1.54) is 24.4 Å². The van der Waals surface area contributed by atoms with E-state index in [1.54, 1.807) is 24.3 Å². The van der Waals surface area contributed by atoms with Crippen LogP contribution in [0.25, 0.3) is 0 Å². The quantitative estimate of drug-likeness (QED) is 0.916. The molecule has 5 nitrogen and oxygen atoms in total. The first-order valence-corrected chi connectivity index (χ1v) is 6.41. The summed E-state index contributed by atoms with van der Waals surface area (Å²) in [5, 5.41) is 0.531. The molecule has 1 fully saturated rings. The standard InChI is InChI=1S/C12H11N3O2S/c13-10(16)7-3-5-9(6-4-7)17-12-14-11(15-18-12)8-1-2-8/h3-6,8H,1-2H2,(H2,13,16). The summed E-state index contributed by atoms with van der Waals surface area (Å²) < 4.78 is 9.82. The number of hydrogen-bond donors (Lipinski definition) is 1. The van der Waals surface area contributed by atoms with Crippen LogP contribution in [0, 0.1) is 0 Å². The molecule has 0 atom stereocenters. The summed E-state index contributed by atoms with van der Waals surface area (Å²) in [5.41, 5.74) is 5.62. The van der Waals surface area contributed by atoms with Crippen molar-refractivity contribution >= 4 is 17.4 Å². The molecule has 0 aliphatic heterocycles. The van der Waals surface area contributed by atoms with Gasteiger partial charge in [0.1, 0.15) is 11.6 Å². The molecule has 0 saturated heterocycles. The van der Waals surface area contributed by atoms with Crippen molar-refractivity contribution in [3.05, 3.63) is 35.7 Å². The van der Waals surface area contributed by atoms with Gasteiger partial charge in [-0.3, -0.25) is 4.79 Å². The maximum Gasteiger partial charge on any atom is 0.298 e. The summed E-state index contributed by atoms with van der Waals surface area (Å²) >= 11 is 1.25. The number of primary amides is 1. The number of carbonyl (C=O) groups is 1. The molecular formula is C12H11N3O2S. The maximum absolute atomic E-state index is 10.9. The molecule has 0 unspecified atom stereocenters. The van der Waals surface area contributed by atoms with Crippen LogP contribution in [-0.2, 0) is 0 Å². The van der Waals surface area contributed by atoms with Crippen LogP contribution in [0.5, 0.6) is 10.9 Å². The predicted octanol–water partition coefficient (Wildman–Crippen LogP) is 2.31. The second-order valence-electron chi connectivity index (χ2n) is 4.18.